The Labute approximate surface area is 122 Å². The van der Waals surface area contributed by atoms with Crippen molar-refractivity contribution in [2.45, 2.75) is 4.90 Å². The van der Waals surface area contributed by atoms with Gasteiger partial charge in [0.2, 0.25) is 0 Å². The third kappa shape index (κ3) is 3.26. The van der Waals surface area contributed by atoms with Gasteiger partial charge in [-0.1, -0.05) is 0 Å². The quantitative estimate of drug-likeness (QED) is 0.824. The molecule has 0 aliphatic rings. The maximum absolute atomic E-state index is 13.2. The van der Waals surface area contributed by atoms with Gasteiger partial charge in [0.05, 0.1) is 10.6 Å². The van der Waals surface area contributed by atoms with Crippen molar-refractivity contribution >= 4 is 37.3 Å². The molecule has 106 valence electrons. The molecule has 20 heavy (non-hydrogen) atoms. The number of rotatable bonds is 3. The lowest BCUT2D eigenvalue weighted by Crippen LogP contribution is -2.14. The van der Waals surface area contributed by atoms with Crippen LogP contribution < -0.4 is 10.5 Å². The lowest BCUT2D eigenvalue weighted by atomic mass is 10.3. The van der Waals surface area contributed by atoms with E-state index >= 15 is 0 Å². The summed E-state index contributed by atoms with van der Waals surface area (Å²) in [5.74, 6) is -1.28. The van der Waals surface area contributed by atoms with Crippen LogP contribution in [0.25, 0.3) is 0 Å². The molecule has 0 bridgehead atoms. The number of hydrogen-bond donors (Lipinski definition) is 2. The fourth-order valence-corrected chi connectivity index (χ4v) is 3.24. The van der Waals surface area contributed by atoms with Gasteiger partial charge in [-0.3, -0.25) is 4.72 Å². The van der Waals surface area contributed by atoms with Crippen LogP contribution in [0.1, 0.15) is 0 Å². The number of nitrogens with one attached hydrogen (secondary N) is 1. The number of benzene rings is 2. The Balaban J connectivity index is 2.40. The molecule has 0 heterocycles. The van der Waals surface area contributed by atoms with Gasteiger partial charge >= 0.3 is 0 Å². The highest BCUT2D eigenvalue weighted by molar-refractivity contribution is 9.10. The Morgan fingerprint density at radius 2 is 1.75 bits per heavy atom. The Bertz CT molecular complexity index is 746. The smallest absolute Gasteiger partial charge is 0.262 e. The molecule has 8 heteroatoms. The van der Waals surface area contributed by atoms with Crippen LogP contribution in [0.4, 0.5) is 20.2 Å². The van der Waals surface area contributed by atoms with Crippen molar-refractivity contribution in [3.63, 3.8) is 0 Å². The summed E-state index contributed by atoms with van der Waals surface area (Å²) in [7, 11) is -4.02. The lowest BCUT2D eigenvalue weighted by molar-refractivity contribution is 0.595. The van der Waals surface area contributed by atoms with E-state index in [0.717, 1.165) is 30.3 Å². The highest BCUT2D eigenvalue weighted by Crippen LogP contribution is 2.26. The van der Waals surface area contributed by atoms with E-state index in [2.05, 4.69) is 20.7 Å². The minimum absolute atomic E-state index is 0.0106. The summed E-state index contributed by atoms with van der Waals surface area (Å²) in [6, 6.07) is 6.44. The van der Waals surface area contributed by atoms with E-state index in [1.165, 1.54) is 6.07 Å². The molecule has 0 fully saturated rings. The Morgan fingerprint density at radius 1 is 1.05 bits per heavy atom. The molecule has 0 aromatic heterocycles. The maximum Gasteiger partial charge on any atom is 0.262 e. The standard InChI is InChI=1S/C12H9BrF2N2O2S/c13-11-5-7(14)1-2-12(11)17-20(18,19)10-4-8(15)3-9(16)6-10/h1-6,17H,16H2. The Kier molecular flexibility index (Phi) is 3.96. The molecule has 2 aromatic rings. The fourth-order valence-electron chi connectivity index (χ4n) is 1.52. The van der Waals surface area contributed by atoms with E-state index in [9.17, 15) is 17.2 Å². The molecule has 0 radical (unpaired) electrons. The van der Waals surface area contributed by atoms with Crippen molar-refractivity contribution in [3.8, 4) is 0 Å². The number of halogens is 3. The number of anilines is 2. The molecular formula is C12H9BrF2N2O2S. The normalized spacial score (nSPS) is 11.3. The van der Waals surface area contributed by atoms with Gasteiger partial charge in [-0.05, 0) is 52.3 Å². The first-order valence-corrected chi connectivity index (χ1v) is 7.59. The van der Waals surface area contributed by atoms with Crippen molar-refractivity contribution in [2.24, 2.45) is 0 Å². The molecule has 0 atom stereocenters. The molecule has 0 unspecified atom stereocenters. The second kappa shape index (κ2) is 5.37. The Hall–Kier alpha value is -1.67. The summed E-state index contributed by atoms with van der Waals surface area (Å²) >= 11 is 3.04. The number of nitrogen functional groups attached to an aromatic ring is 1. The van der Waals surface area contributed by atoms with Gasteiger partial charge in [-0.15, -0.1) is 0 Å². The van der Waals surface area contributed by atoms with Crippen LogP contribution >= 0.6 is 15.9 Å². The summed E-state index contributed by atoms with van der Waals surface area (Å²) in [5.41, 5.74) is 5.53. The second-order valence-corrected chi connectivity index (χ2v) is 6.49. The van der Waals surface area contributed by atoms with Crippen LogP contribution in [0, 0.1) is 11.6 Å². The van der Waals surface area contributed by atoms with Crippen molar-refractivity contribution < 1.29 is 17.2 Å². The molecule has 3 N–H and O–H groups in total. The summed E-state index contributed by atoms with van der Waals surface area (Å²) < 4.78 is 52.8. The first-order chi connectivity index (χ1) is 9.28. The van der Waals surface area contributed by atoms with E-state index in [1.54, 1.807) is 0 Å². The summed E-state index contributed by atoms with van der Waals surface area (Å²) in [6.45, 7) is 0. The van der Waals surface area contributed by atoms with Gasteiger partial charge in [-0.2, -0.15) is 0 Å². The molecule has 2 aromatic carbocycles. The van der Waals surface area contributed by atoms with Gasteiger partial charge in [0.25, 0.3) is 10.0 Å². The second-order valence-electron chi connectivity index (χ2n) is 3.95. The zero-order valence-electron chi connectivity index (χ0n) is 9.90. The fraction of sp³-hybridized carbons (Fsp3) is 0. The SMILES string of the molecule is Nc1cc(F)cc(S(=O)(=O)Nc2ccc(F)cc2Br)c1. The topological polar surface area (TPSA) is 72.2 Å². The molecule has 2 rings (SSSR count). The summed E-state index contributed by atoms with van der Waals surface area (Å²) in [5, 5.41) is 0. The van der Waals surface area contributed by atoms with E-state index in [0.29, 0.717) is 0 Å². The van der Waals surface area contributed by atoms with E-state index in [-0.39, 0.29) is 20.7 Å². The number of nitrogens with two attached hydrogens (primary N) is 1. The first-order valence-electron chi connectivity index (χ1n) is 5.32. The minimum atomic E-state index is -4.02. The molecular weight excluding hydrogens is 354 g/mol. The van der Waals surface area contributed by atoms with Crippen LogP contribution in [-0.2, 0) is 10.0 Å². The van der Waals surface area contributed by atoms with Crippen LogP contribution in [0.2, 0.25) is 0 Å². The average molecular weight is 363 g/mol. The first kappa shape index (κ1) is 14.7. The molecule has 0 spiro atoms. The highest BCUT2D eigenvalue weighted by atomic mass is 79.9. The third-order valence-corrected chi connectivity index (χ3v) is 4.38. The van der Waals surface area contributed by atoms with E-state index in [1.807, 2.05) is 0 Å². The molecule has 0 saturated heterocycles. The summed E-state index contributed by atoms with van der Waals surface area (Å²) in [6.07, 6.45) is 0. The van der Waals surface area contributed by atoms with Gasteiger partial charge in [0.1, 0.15) is 11.6 Å². The molecule has 0 amide bonds. The van der Waals surface area contributed by atoms with Gasteiger partial charge in [-0.25, -0.2) is 17.2 Å². The number of sulfonamides is 1. The van der Waals surface area contributed by atoms with Crippen molar-refractivity contribution in [1.29, 1.82) is 0 Å². The predicted molar refractivity (Wildman–Crippen MR) is 75.7 cm³/mol. The van der Waals surface area contributed by atoms with Crippen LogP contribution in [-0.4, -0.2) is 8.42 Å². The zero-order valence-corrected chi connectivity index (χ0v) is 12.3. The van der Waals surface area contributed by atoms with Gasteiger partial charge in [0, 0.05) is 10.2 Å². The van der Waals surface area contributed by atoms with E-state index < -0.39 is 21.7 Å². The van der Waals surface area contributed by atoms with Crippen LogP contribution in [0.3, 0.4) is 0 Å². The molecule has 0 saturated carbocycles. The molecule has 4 nitrogen and oxygen atoms in total. The lowest BCUT2D eigenvalue weighted by Gasteiger charge is -2.10. The van der Waals surface area contributed by atoms with E-state index in [4.69, 9.17) is 5.73 Å². The summed E-state index contributed by atoms with van der Waals surface area (Å²) in [4.78, 5) is -0.314. The van der Waals surface area contributed by atoms with Gasteiger partial charge in [0.15, 0.2) is 0 Å². The van der Waals surface area contributed by atoms with Crippen LogP contribution in [0.15, 0.2) is 45.8 Å². The average Bonchev–Trinajstić information content (AvgIpc) is 2.31. The van der Waals surface area contributed by atoms with Crippen molar-refractivity contribution in [3.05, 3.63) is 52.5 Å². The highest BCUT2D eigenvalue weighted by Gasteiger charge is 2.17. The Morgan fingerprint density at radius 3 is 2.35 bits per heavy atom. The predicted octanol–water partition coefficient (Wildman–Crippen LogP) is 3.11. The van der Waals surface area contributed by atoms with Crippen molar-refractivity contribution in [2.75, 3.05) is 10.5 Å². The third-order valence-electron chi connectivity index (χ3n) is 2.38. The molecule has 0 aliphatic heterocycles. The maximum atomic E-state index is 13.2. The molecule has 0 aliphatic carbocycles. The van der Waals surface area contributed by atoms with Crippen LogP contribution in [0.5, 0.6) is 0 Å². The van der Waals surface area contributed by atoms with Gasteiger partial charge < -0.3 is 5.73 Å². The largest absolute Gasteiger partial charge is 0.399 e. The zero-order chi connectivity index (χ0) is 14.9. The number of hydrogen-bond acceptors (Lipinski definition) is 3. The minimum Gasteiger partial charge on any atom is -0.399 e. The monoisotopic (exact) mass is 362 g/mol. The van der Waals surface area contributed by atoms with Crippen molar-refractivity contribution in [1.82, 2.24) is 0 Å².